The Labute approximate surface area is 220 Å². The predicted octanol–water partition coefficient (Wildman–Crippen LogP) is 4.07. The molecule has 0 radical (unpaired) electrons. The van der Waals surface area contributed by atoms with Crippen molar-refractivity contribution >= 4 is 17.5 Å². The lowest BCUT2D eigenvalue weighted by molar-refractivity contribution is -0.115. The van der Waals surface area contributed by atoms with Crippen LogP contribution in [0, 0.1) is 11.6 Å². The maximum Gasteiger partial charge on any atom is 0.255 e. The van der Waals surface area contributed by atoms with E-state index in [2.05, 4.69) is 28.9 Å². The van der Waals surface area contributed by atoms with Gasteiger partial charge in [0.05, 0.1) is 17.7 Å². The fourth-order valence-corrected chi connectivity index (χ4v) is 4.02. The van der Waals surface area contributed by atoms with Crippen LogP contribution in [0.3, 0.4) is 0 Å². The molecule has 202 valence electrons. The Kier molecular flexibility index (Phi) is 10.3. The van der Waals surface area contributed by atoms with Crippen LogP contribution in [0.4, 0.5) is 14.5 Å². The van der Waals surface area contributed by atoms with E-state index < -0.39 is 29.7 Å². The molecule has 3 aromatic rings. The molecule has 0 aliphatic rings. The Balaban J connectivity index is 1.77. The zero-order valence-corrected chi connectivity index (χ0v) is 21.4. The third-order valence-electron chi connectivity index (χ3n) is 6.09. The van der Waals surface area contributed by atoms with Crippen LogP contribution in [-0.4, -0.2) is 40.7 Å². The molecule has 2 atom stereocenters. The van der Waals surface area contributed by atoms with Gasteiger partial charge in [0.25, 0.3) is 5.91 Å². The zero-order valence-electron chi connectivity index (χ0n) is 21.4. The van der Waals surface area contributed by atoms with E-state index in [1.54, 1.807) is 6.92 Å². The normalized spacial score (nSPS) is 12.6. The maximum atomic E-state index is 13.8. The second-order valence-electron chi connectivity index (χ2n) is 9.07. The van der Waals surface area contributed by atoms with Gasteiger partial charge >= 0.3 is 0 Å². The summed E-state index contributed by atoms with van der Waals surface area (Å²) >= 11 is 0. The fraction of sp³-hybridized carbons (Fsp3) is 0.310. The molecule has 0 heterocycles. The van der Waals surface area contributed by atoms with Gasteiger partial charge in [0, 0.05) is 31.3 Å². The number of halogens is 2. The Morgan fingerprint density at radius 2 is 1.63 bits per heavy atom. The number of nitrogens with one attached hydrogen (secondary N) is 3. The van der Waals surface area contributed by atoms with Crippen molar-refractivity contribution in [3.8, 4) is 5.75 Å². The molecule has 0 bridgehead atoms. The number of aliphatic hydroxyl groups excluding tert-OH is 1. The largest absolute Gasteiger partial charge is 0.507 e. The van der Waals surface area contributed by atoms with Crippen molar-refractivity contribution in [2.75, 3.05) is 11.9 Å². The predicted molar refractivity (Wildman–Crippen MR) is 142 cm³/mol. The number of rotatable bonds is 12. The van der Waals surface area contributed by atoms with Gasteiger partial charge < -0.3 is 26.2 Å². The van der Waals surface area contributed by atoms with Crippen LogP contribution in [0.25, 0.3) is 0 Å². The van der Waals surface area contributed by atoms with E-state index in [1.807, 2.05) is 18.2 Å². The first-order valence-electron chi connectivity index (χ1n) is 12.5. The molecular formula is C29H33F2N3O4. The van der Waals surface area contributed by atoms with Gasteiger partial charge in [-0.3, -0.25) is 9.59 Å². The summed E-state index contributed by atoms with van der Waals surface area (Å²) < 4.78 is 27.6. The van der Waals surface area contributed by atoms with Gasteiger partial charge in [0.2, 0.25) is 5.91 Å². The molecule has 38 heavy (non-hydrogen) atoms. The zero-order chi connectivity index (χ0) is 27.7. The molecule has 0 aliphatic carbocycles. The van der Waals surface area contributed by atoms with E-state index in [-0.39, 0.29) is 42.2 Å². The Morgan fingerprint density at radius 1 is 0.921 bits per heavy atom. The Morgan fingerprint density at radius 3 is 2.32 bits per heavy atom. The summed E-state index contributed by atoms with van der Waals surface area (Å²) in [6, 6.07) is 14.1. The molecule has 5 N–H and O–H groups in total. The SMILES string of the molecule is CCC(=O)Nc1ccc(O)c(C(=O)N[C@@H](Cc2cc(F)cc(F)c2)[C@@H](O)CNCc2cccc(CC)c2)c1. The number of hydrogen-bond donors (Lipinski definition) is 5. The minimum atomic E-state index is -1.13. The second kappa shape index (κ2) is 13.6. The minimum absolute atomic E-state index is 0.0678. The van der Waals surface area contributed by atoms with Gasteiger partial charge in [-0.05, 0) is 59.9 Å². The molecule has 0 saturated carbocycles. The lowest BCUT2D eigenvalue weighted by atomic mass is 9.99. The quantitative estimate of drug-likeness (QED) is 0.229. The van der Waals surface area contributed by atoms with E-state index in [0.717, 1.165) is 30.2 Å². The number of anilines is 1. The number of amides is 2. The van der Waals surface area contributed by atoms with E-state index in [0.29, 0.717) is 12.2 Å². The van der Waals surface area contributed by atoms with E-state index >= 15 is 0 Å². The van der Waals surface area contributed by atoms with Gasteiger partial charge in [-0.15, -0.1) is 0 Å². The van der Waals surface area contributed by atoms with E-state index in [9.17, 15) is 28.6 Å². The highest BCUT2D eigenvalue weighted by atomic mass is 19.1. The summed E-state index contributed by atoms with van der Waals surface area (Å²) in [4.78, 5) is 24.9. The van der Waals surface area contributed by atoms with Crippen LogP contribution < -0.4 is 16.0 Å². The minimum Gasteiger partial charge on any atom is -0.507 e. The van der Waals surface area contributed by atoms with Gasteiger partial charge in [-0.2, -0.15) is 0 Å². The van der Waals surface area contributed by atoms with Crippen LogP contribution >= 0.6 is 0 Å². The van der Waals surface area contributed by atoms with E-state index in [4.69, 9.17) is 0 Å². The first-order valence-corrected chi connectivity index (χ1v) is 12.5. The summed E-state index contributed by atoms with van der Waals surface area (Å²) in [6.07, 6.45) is -0.0758. The second-order valence-corrected chi connectivity index (χ2v) is 9.07. The number of aryl methyl sites for hydroxylation is 1. The fourth-order valence-electron chi connectivity index (χ4n) is 4.02. The van der Waals surface area contributed by atoms with Crippen LogP contribution in [0.2, 0.25) is 0 Å². The molecular weight excluding hydrogens is 492 g/mol. The summed E-state index contributed by atoms with van der Waals surface area (Å²) in [6.45, 7) is 4.29. The van der Waals surface area contributed by atoms with Crippen LogP contribution in [0.1, 0.15) is 47.3 Å². The van der Waals surface area contributed by atoms with Crippen molar-refractivity contribution in [2.24, 2.45) is 0 Å². The van der Waals surface area contributed by atoms with Gasteiger partial charge in [-0.1, -0.05) is 38.1 Å². The third kappa shape index (κ3) is 8.36. The highest BCUT2D eigenvalue weighted by Crippen LogP contribution is 2.22. The monoisotopic (exact) mass is 525 g/mol. The highest BCUT2D eigenvalue weighted by Gasteiger charge is 2.24. The van der Waals surface area contributed by atoms with Crippen LogP contribution in [-0.2, 0) is 24.2 Å². The summed E-state index contributed by atoms with van der Waals surface area (Å²) in [5.41, 5.74) is 2.65. The summed E-state index contributed by atoms with van der Waals surface area (Å²) in [5.74, 6) is -2.85. The molecule has 0 spiro atoms. The molecule has 0 aromatic heterocycles. The average Bonchev–Trinajstić information content (AvgIpc) is 2.88. The highest BCUT2D eigenvalue weighted by molar-refractivity contribution is 5.99. The Hall–Kier alpha value is -3.82. The number of phenols is 1. The molecule has 3 aromatic carbocycles. The number of benzene rings is 3. The third-order valence-corrected chi connectivity index (χ3v) is 6.09. The molecule has 0 unspecified atom stereocenters. The van der Waals surface area contributed by atoms with Crippen molar-refractivity contribution in [1.29, 1.82) is 0 Å². The maximum absolute atomic E-state index is 13.8. The molecule has 9 heteroatoms. The average molecular weight is 526 g/mol. The van der Waals surface area contributed by atoms with Crippen molar-refractivity contribution in [1.82, 2.24) is 10.6 Å². The van der Waals surface area contributed by atoms with Gasteiger partial charge in [-0.25, -0.2) is 8.78 Å². The standard InChI is InChI=1S/C29H33F2N3O4/c1-3-18-6-5-7-19(10-18)16-32-17-27(36)25(13-20-11-21(30)14-22(31)12-20)34-29(38)24-15-23(8-9-26(24)35)33-28(37)4-2/h5-12,14-15,25,27,32,35-36H,3-4,13,16-17H2,1-2H3,(H,33,37)(H,34,38)/t25-,27-/m0/s1. The Bertz CT molecular complexity index is 1250. The summed E-state index contributed by atoms with van der Waals surface area (Å²) in [7, 11) is 0. The number of hydrogen-bond acceptors (Lipinski definition) is 5. The number of aromatic hydroxyl groups is 1. The molecule has 0 aliphatic heterocycles. The van der Waals surface area contributed by atoms with Crippen LogP contribution in [0.15, 0.2) is 60.7 Å². The van der Waals surface area contributed by atoms with Gasteiger partial charge in [0.15, 0.2) is 0 Å². The number of carbonyl (C=O) groups is 2. The molecule has 2 amide bonds. The number of phenolic OH excluding ortho intramolecular Hbond substituents is 1. The molecule has 7 nitrogen and oxygen atoms in total. The lowest BCUT2D eigenvalue weighted by Gasteiger charge is -2.25. The lowest BCUT2D eigenvalue weighted by Crippen LogP contribution is -2.48. The summed E-state index contributed by atoms with van der Waals surface area (Å²) in [5, 5.41) is 29.7. The van der Waals surface area contributed by atoms with E-state index in [1.165, 1.54) is 23.8 Å². The topological polar surface area (TPSA) is 111 Å². The first-order chi connectivity index (χ1) is 18.2. The number of carbonyl (C=O) groups excluding carboxylic acids is 2. The smallest absolute Gasteiger partial charge is 0.255 e. The van der Waals surface area contributed by atoms with Crippen molar-refractivity contribution in [2.45, 2.75) is 51.8 Å². The number of aliphatic hydroxyl groups is 1. The molecule has 0 saturated heterocycles. The van der Waals surface area contributed by atoms with Gasteiger partial charge in [0.1, 0.15) is 17.4 Å². The molecule has 3 rings (SSSR count). The van der Waals surface area contributed by atoms with Crippen molar-refractivity contribution < 1.29 is 28.6 Å². The van der Waals surface area contributed by atoms with Crippen LogP contribution in [0.5, 0.6) is 5.75 Å². The van der Waals surface area contributed by atoms with Crippen molar-refractivity contribution in [3.63, 3.8) is 0 Å². The van der Waals surface area contributed by atoms with Crippen molar-refractivity contribution in [3.05, 3.63) is 94.6 Å². The first kappa shape index (κ1) is 28.7. The molecule has 0 fully saturated rings.